The fourth-order valence-corrected chi connectivity index (χ4v) is 4.17. The second-order valence-electron chi connectivity index (χ2n) is 10.2. The van der Waals surface area contributed by atoms with Gasteiger partial charge in [0.15, 0.2) is 0 Å². The number of hydrogen-bond donors (Lipinski definition) is 0. The molecule has 6 rings (SSSR count). The van der Waals surface area contributed by atoms with Gasteiger partial charge in [-0.2, -0.15) is 146 Å². The van der Waals surface area contributed by atoms with Gasteiger partial charge in [0.2, 0.25) is 0 Å². The van der Waals surface area contributed by atoms with Gasteiger partial charge in [0.05, 0.1) is 0 Å². The molecule has 0 amide bonds. The Morgan fingerprint density at radius 1 is 0.368 bits per heavy atom. The minimum absolute atomic E-state index is 0. The summed E-state index contributed by atoms with van der Waals surface area (Å²) >= 11 is 0. The van der Waals surface area contributed by atoms with Gasteiger partial charge in [0.1, 0.15) is 0 Å². The SMILES string of the molecule is CC.CC.CC.CC.CC.CC.CCC(C)c1c[c-]c(-c2[c-]cccc2)cc1.Cc1c[c-]c(-c2[c-]cc(C)cc2)cc1.[Y].[Y].[Y].[c-]1ccccc1-c1[c-]cccc1. The van der Waals surface area contributed by atoms with Crippen LogP contribution in [-0.4, -0.2) is 0 Å². The zero-order valence-corrected chi connectivity index (χ0v) is 47.2. The van der Waals surface area contributed by atoms with Crippen molar-refractivity contribution in [2.24, 2.45) is 0 Å². The molecule has 0 spiro atoms. The molecule has 0 saturated carbocycles. The molecule has 0 bridgehead atoms. The molecule has 1 unspecified atom stereocenters. The maximum absolute atomic E-state index is 3.34. The number of benzene rings is 6. The molecule has 3 heteroatoms. The zero-order chi connectivity index (χ0) is 41.6. The topological polar surface area (TPSA) is 0 Å². The third kappa shape index (κ3) is 30.3. The summed E-state index contributed by atoms with van der Waals surface area (Å²) < 4.78 is 0. The van der Waals surface area contributed by atoms with Crippen LogP contribution in [0.5, 0.6) is 0 Å². The van der Waals surface area contributed by atoms with Crippen molar-refractivity contribution in [2.45, 2.75) is 123 Å². The van der Waals surface area contributed by atoms with Gasteiger partial charge >= 0.3 is 0 Å². The van der Waals surface area contributed by atoms with Crippen LogP contribution in [0.4, 0.5) is 0 Å². The second-order valence-corrected chi connectivity index (χ2v) is 10.2. The average molecular weight is 988 g/mol. The van der Waals surface area contributed by atoms with Crippen LogP contribution in [0.25, 0.3) is 33.4 Å². The fourth-order valence-electron chi connectivity index (χ4n) is 4.17. The van der Waals surface area contributed by atoms with Gasteiger partial charge in [0.25, 0.3) is 0 Å². The molecule has 57 heavy (non-hydrogen) atoms. The maximum Gasteiger partial charge on any atom is 0 e. The first kappa shape index (κ1) is 67.4. The van der Waals surface area contributed by atoms with E-state index in [9.17, 15) is 0 Å². The first-order chi connectivity index (χ1) is 26.5. The van der Waals surface area contributed by atoms with Crippen LogP contribution in [-0.2, 0) is 98.1 Å². The van der Waals surface area contributed by atoms with Crippen molar-refractivity contribution in [3.05, 3.63) is 180 Å². The minimum Gasteiger partial charge on any atom is -0.226 e. The molecular formula is C54H72Y3-6. The summed E-state index contributed by atoms with van der Waals surface area (Å²) in [6.07, 6.45) is 1.17. The normalized spacial score (nSPS) is 8.63. The summed E-state index contributed by atoms with van der Waals surface area (Å²) in [7, 11) is 0. The predicted molar refractivity (Wildman–Crippen MR) is 245 cm³/mol. The van der Waals surface area contributed by atoms with Crippen molar-refractivity contribution in [1.29, 1.82) is 0 Å². The summed E-state index contributed by atoms with van der Waals surface area (Å²) in [6.45, 7) is 32.6. The molecule has 0 heterocycles. The zero-order valence-electron chi connectivity index (χ0n) is 38.6. The first-order valence-electron chi connectivity index (χ1n) is 20.4. The monoisotopic (exact) mass is 987 g/mol. The molecule has 0 N–H and O–H groups in total. The quantitative estimate of drug-likeness (QED) is 0.151. The summed E-state index contributed by atoms with van der Waals surface area (Å²) in [5.74, 6) is 0.616. The van der Waals surface area contributed by atoms with E-state index in [0.29, 0.717) is 5.92 Å². The van der Waals surface area contributed by atoms with Gasteiger partial charge in [0, 0.05) is 98.1 Å². The molecule has 6 aromatic rings. The summed E-state index contributed by atoms with van der Waals surface area (Å²) in [5, 5.41) is 0. The van der Waals surface area contributed by atoms with Crippen LogP contribution in [0.2, 0.25) is 0 Å². The van der Waals surface area contributed by atoms with E-state index in [-0.39, 0.29) is 98.1 Å². The van der Waals surface area contributed by atoms with E-state index in [0.717, 1.165) is 33.4 Å². The Morgan fingerprint density at radius 2 is 0.649 bits per heavy atom. The molecule has 303 valence electrons. The molecule has 0 aliphatic carbocycles. The Labute approximate surface area is 429 Å². The largest absolute Gasteiger partial charge is 0.226 e. The third-order valence-corrected chi connectivity index (χ3v) is 6.95. The minimum atomic E-state index is 0. The van der Waals surface area contributed by atoms with Crippen LogP contribution < -0.4 is 0 Å². The Hall–Kier alpha value is -1.37. The third-order valence-electron chi connectivity index (χ3n) is 6.95. The van der Waals surface area contributed by atoms with Gasteiger partial charge in [-0.1, -0.05) is 123 Å². The van der Waals surface area contributed by atoms with Crippen LogP contribution in [0.15, 0.2) is 127 Å². The van der Waals surface area contributed by atoms with Crippen molar-refractivity contribution in [3.8, 4) is 33.4 Å². The molecule has 0 aliphatic rings. The number of rotatable bonds is 5. The molecule has 0 fully saturated rings. The van der Waals surface area contributed by atoms with E-state index >= 15 is 0 Å². The van der Waals surface area contributed by atoms with Crippen LogP contribution in [0.3, 0.4) is 0 Å². The fraction of sp³-hybridized carbons (Fsp3) is 0.333. The van der Waals surface area contributed by atoms with Crippen molar-refractivity contribution < 1.29 is 98.1 Å². The second kappa shape index (κ2) is 49.0. The van der Waals surface area contributed by atoms with Gasteiger partial charge in [-0.05, 0) is 0 Å². The van der Waals surface area contributed by atoms with Crippen molar-refractivity contribution in [2.75, 3.05) is 0 Å². The molecule has 3 radical (unpaired) electrons. The Kier molecular flexibility index (Phi) is 57.9. The van der Waals surface area contributed by atoms with E-state index < -0.39 is 0 Å². The summed E-state index contributed by atoms with van der Waals surface area (Å²) in [4.78, 5) is 0. The predicted octanol–water partition coefficient (Wildman–Crippen LogP) is 17.1. The number of aryl methyl sites for hydroxylation is 2. The van der Waals surface area contributed by atoms with Crippen molar-refractivity contribution in [3.63, 3.8) is 0 Å². The van der Waals surface area contributed by atoms with Crippen molar-refractivity contribution in [1.82, 2.24) is 0 Å². The van der Waals surface area contributed by atoms with E-state index in [1.54, 1.807) is 0 Å². The molecule has 0 aliphatic heterocycles. The summed E-state index contributed by atoms with van der Waals surface area (Å²) in [5.41, 5.74) is 10.5. The van der Waals surface area contributed by atoms with Crippen LogP contribution >= 0.6 is 0 Å². The Bertz CT molecular complexity index is 1500. The standard InChI is InChI=1S/C16H16.C14H12.C12H8.6C2H6.3Y/c1-3-13(2)14-9-11-16(12-10-14)15-7-5-4-6-8-15;1-11-3-7-13(8-4-11)14-9-5-12(2)6-10-14;1-3-7-11(8-4-1)12-9-5-2-6-10-12;6*1-2;;;/h4-7,9-11,13H,3H2,1-2H3;3-7,9H,1-2H3;1-7,9H;6*1-2H3;;;/q3*-2;;;;;;;;;. The van der Waals surface area contributed by atoms with Crippen LogP contribution in [0, 0.1) is 50.2 Å². The molecule has 1 atom stereocenters. The first-order valence-corrected chi connectivity index (χ1v) is 20.4. The van der Waals surface area contributed by atoms with E-state index in [4.69, 9.17) is 0 Å². The van der Waals surface area contributed by atoms with Gasteiger partial charge in [-0.15, -0.1) is 34.9 Å². The Morgan fingerprint density at radius 3 is 0.860 bits per heavy atom. The summed E-state index contributed by atoms with van der Waals surface area (Å²) in [6, 6.07) is 62.0. The van der Waals surface area contributed by atoms with Crippen molar-refractivity contribution >= 4 is 0 Å². The molecule has 6 aromatic carbocycles. The van der Waals surface area contributed by atoms with Gasteiger partial charge in [-0.25, -0.2) is 33.4 Å². The number of hydrogen-bond acceptors (Lipinski definition) is 0. The molecule has 0 aromatic heterocycles. The van der Waals surface area contributed by atoms with E-state index in [1.807, 2.05) is 162 Å². The molecule has 0 nitrogen and oxygen atoms in total. The smallest absolute Gasteiger partial charge is 0 e. The maximum atomic E-state index is 3.34. The molecule has 0 saturated heterocycles. The Balaban J connectivity index is -0.000000148. The van der Waals surface area contributed by atoms with Crippen LogP contribution in [0.1, 0.15) is 126 Å². The molecular weight excluding hydrogens is 915 g/mol. The average Bonchev–Trinajstić information content (AvgIpc) is 3.29. The van der Waals surface area contributed by atoms with Gasteiger partial charge < -0.3 is 0 Å². The van der Waals surface area contributed by atoms with E-state index in [2.05, 4.69) is 113 Å². The van der Waals surface area contributed by atoms with Gasteiger partial charge in [-0.3, -0.25) is 0 Å². The van der Waals surface area contributed by atoms with E-state index in [1.165, 1.54) is 23.1 Å².